The van der Waals surface area contributed by atoms with E-state index in [1.807, 2.05) is 10.8 Å². The van der Waals surface area contributed by atoms with Crippen LogP contribution in [0.15, 0.2) is 30.6 Å². The molecule has 1 aliphatic rings. The van der Waals surface area contributed by atoms with Gasteiger partial charge >= 0.3 is 0 Å². The maximum Gasteiger partial charge on any atom is 0.282 e. The number of carbonyl (C=O) groups excluding carboxylic acids is 1. The molecule has 108 valence electrons. The van der Waals surface area contributed by atoms with Crippen molar-refractivity contribution < 1.29 is 14.8 Å². The predicted octanol–water partition coefficient (Wildman–Crippen LogP) is 1.15. The second-order valence-corrected chi connectivity index (χ2v) is 4.72. The average Bonchev–Trinajstić information content (AvgIpc) is 2.93. The van der Waals surface area contributed by atoms with E-state index in [0.717, 1.165) is 18.0 Å². The van der Waals surface area contributed by atoms with Crippen LogP contribution in [0.3, 0.4) is 0 Å². The molecule has 1 amide bonds. The molecule has 0 atom stereocenters. The van der Waals surface area contributed by atoms with E-state index in [0.29, 0.717) is 19.6 Å². The molecule has 0 bridgehead atoms. The lowest BCUT2D eigenvalue weighted by molar-refractivity contribution is -0.385. The van der Waals surface area contributed by atoms with E-state index in [9.17, 15) is 20.0 Å². The first-order valence-corrected chi connectivity index (χ1v) is 6.33. The molecule has 8 nitrogen and oxygen atoms in total. The second-order valence-electron chi connectivity index (χ2n) is 4.72. The molecule has 8 heteroatoms. The third-order valence-corrected chi connectivity index (χ3v) is 3.44. The summed E-state index contributed by atoms with van der Waals surface area (Å²) in [5.74, 6) is 0.0757. The molecule has 0 radical (unpaired) electrons. The van der Waals surface area contributed by atoms with Gasteiger partial charge in [-0.15, -0.1) is 0 Å². The number of benzene rings is 1. The van der Waals surface area contributed by atoms with E-state index in [-0.39, 0.29) is 17.0 Å². The zero-order chi connectivity index (χ0) is 15.0. The molecule has 0 saturated carbocycles. The van der Waals surface area contributed by atoms with E-state index in [1.54, 1.807) is 6.20 Å². The zero-order valence-corrected chi connectivity index (χ0v) is 11.0. The molecule has 3 rings (SSSR count). The van der Waals surface area contributed by atoms with Crippen molar-refractivity contribution >= 4 is 11.6 Å². The lowest BCUT2D eigenvalue weighted by Crippen LogP contribution is -2.38. The van der Waals surface area contributed by atoms with Crippen molar-refractivity contribution in [2.24, 2.45) is 0 Å². The normalized spacial score (nSPS) is 13.8. The van der Waals surface area contributed by atoms with E-state index >= 15 is 0 Å². The third-order valence-electron chi connectivity index (χ3n) is 3.44. The average molecular weight is 288 g/mol. The lowest BCUT2D eigenvalue weighted by Gasteiger charge is -2.27. The summed E-state index contributed by atoms with van der Waals surface area (Å²) < 4.78 is 1.93. The van der Waals surface area contributed by atoms with Crippen LogP contribution >= 0.6 is 0 Å². The van der Waals surface area contributed by atoms with E-state index in [1.165, 1.54) is 11.0 Å². The van der Waals surface area contributed by atoms with Crippen molar-refractivity contribution in [1.82, 2.24) is 14.5 Å². The Morgan fingerprint density at radius 2 is 2.19 bits per heavy atom. The number of nitro groups is 1. The summed E-state index contributed by atoms with van der Waals surface area (Å²) in [6.07, 6.45) is 3.48. The van der Waals surface area contributed by atoms with Crippen LogP contribution in [0.5, 0.6) is 5.75 Å². The molecule has 2 heterocycles. The number of aromatic nitrogens is 2. The van der Waals surface area contributed by atoms with Gasteiger partial charge in [0.25, 0.3) is 11.6 Å². The van der Waals surface area contributed by atoms with Crippen LogP contribution in [0.25, 0.3) is 0 Å². The van der Waals surface area contributed by atoms with E-state index < -0.39 is 10.8 Å². The van der Waals surface area contributed by atoms with Gasteiger partial charge in [0.15, 0.2) is 0 Å². The summed E-state index contributed by atoms with van der Waals surface area (Å²) in [5.41, 5.74) is -0.424. The van der Waals surface area contributed by atoms with Crippen LogP contribution in [0.1, 0.15) is 16.2 Å². The van der Waals surface area contributed by atoms with E-state index in [4.69, 9.17) is 0 Å². The number of phenols is 1. The minimum Gasteiger partial charge on any atom is -0.508 e. The molecule has 0 saturated heterocycles. The molecule has 21 heavy (non-hydrogen) atoms. The second kappa shape index (κ2) is 4.89. The van der Waals surface area contributed by atoms with Crippen LogP contribution in [-0.2, 0) is 13.1 Å². The Hall–Kier alpha value is -2.90. The molecule has 1 aromatic carbocycles. The number of aromatic hydroxyl groups is 1. The number of rotatable bonds is 2. The monoisotopic (exact) mass is 288 g/mol. The van der Waals surface area contributed by atoms with Gasteiger partial charge in [-0.3, -0.25) is 14.9 Å². The largest absolute Gasteiger partial charge is 0.508 e. The van der Waals surface area contributed by atoms with Crippen LogP contribution in [-0.4, -0.2) is 36.9 Å². The van der Waals surface area contributed by atoms with Crippen LogP contribution in [0.2, 0.25) is 0 Å². The van der Waals surface area contributed by atoms with Crippen LogP contribution < -0.4 is 0 Å². The number of carbonyl (C=O) groups is 1. The molecular weight excluding hydrogens is 276 g/mol. The van der Waals surface area contributed by atoms with Crippen molar-refractivity contribution in [2.45, 2.75) is 13.1 Å². The van der Waals surface area contributed by atoms with Crippen molar-refractivity contribution in [2.75, 3.05) is 6.54 Å². The number of hydrogen-bond acceptors (Lipinski definition) is 5. The molecular formula is C13H12N4O4. The molecule has 0 spiro atoms. The van der Waals surface area contributed by atoms with Crippen LogP contribution in [0.4, 0.5) is 5.69 Å². The van der Waals surface area contributed by atoms with Crippen molar-refractivity contribution in [3.63, 3.8) is 0 Å². The van der Waals surface area contributed by atoms with Crippen molar-refractivity contribution in [3.8, 4) is 5.75 Å². The molecule has 1 aromatic heterocycles. The molecule has 2 aromatic rings. The standard InChI is InChI=1S/C13H12N4O4/c18-9-1-2-11(17(20)21)10(7-9)13(19)16-6-5-15-4-3-14-12(15)8-16/h1-4,7,18H,5-6,8H2. The quantitative estimate of drug-likeness (QED) is 0.659. The van der Waals surface area contributed by atoms with E-state index in [2.05, 4.69) is 4.98 Å². The van der Waals surface area contributed by atoms with Gasteiger partial charge in [-0.25, -0.2) is 4.98 Å². The summed E-state index contributed by atoms with van der Waals surface area (Å²) in [4.78, 5) is 28.5. The number of nitrogens with zero attached hydrogens (tertiary/aromatic N) is 4. The smallest absolute Gasteiger partial charge is 0.282 e. The Morgan fingerprint density at radius 1 is 1.38 bits per heavy atom. The minimum absolute atomic E-state index is 0.111. The maximum atomic E-state index is 12.5. The number of fused-ring (bicyclic) bond motifs is 1. The summed E-state index contributed by atoms with van der Waals surface area (Å²) in [6.45, 7) is 1.32. The summed E-state index contributed by atoms with van der Waals surface area (Å²) in [6, 6.07) is 3.45. The Labute approximate surface area is 119 Å². The molecule has 0 unspecified atom stereocenters. The topological polar surface area (TPSA) is 101 Å². The maximum absolute atomic E-state index is 12.5. The fraction of sp³-hybridized carbons (Fsp3) is 0.231. The van der Waals surface area contributed by atoms with Gasteiger partial charge in [0, 0.05) is 31.5 Å². The number of amides is 1. The number of imidazole rings is 1. The van der Waals surface area contributed by atoms with Gasteiger partial charge in [0.1, 0.15) is 17.1 Å². The fourth-order valence-corrected chi connectivity index (χ4v) is 2.37. The first-order valence-electron chi connectivity index (χ1n) is 6.33. The Bertz CT molecular complexity index is 725. The molecule has 0 aliphatic carbocycles. The molecule has 1 N–H and O–H groups in total. The van der Waals surface area contributed by atoms with Crippen molar-refractivity contribution in [3.05, 3.63) is 52.1 Å². The summed E-state index contributed by atoms with van der Waals surface area (Å²) in [5, 5.41) is 20.5. The number of phenolic OH excluding ortho intramolecular Hbond substituents is 1. The summed E-state index contributed by atoms with van der Waals surface area (Å²) >= 11 is 0. The zero-order valence-electron chi connectivity index (χ0n) is 11.0. The van der Waals surface area contributed by atoms with Gasteiger partial charge in [-0.1, -0.05) is 0 Å². The van der Waals surface area contributed by atoms with Crippen LogP contribution in [0, 0.1) is 10.1 Å². The first kappa shape index (κ1) is 13.1. The highest BCUT2D eigenvalue weighted by Gasteiger charge is 2.28. The van der Waals surface area contributed by atoms with Gasteiger partial charge < -0.3 is 14.6 Å². The highest BCUT2D eigenvalue weighted by Crippen LogP contribution is 2.25. The first-order chi connectivity index (χ1) is 10.1. The van der Waals surface area contributed by atoms with Gasteiger partial charge in [-0.05, 0) is 12.1 Å². The number of nitro benzene ring substituents is 1. The number of hydrogen-bond donors (Lipinski definition) is 1. The van der Waals surface area contributed by atoms with Gasteiger partial charge in [0.2, 0.25) is 0 Å². The van der Waals surface area contributed by atoms with Gasteiger partial charge in [0.05, 0.1) is 11.5 Å². The fourth-order valence-electron chi connectivity index (χ4n) is 2.37. The highest BCUT2D eigenvalue weighted by molar-refractivity contribution is 5.98. The Kier molecular flexibility index (Phi) is 3.05. The lowest BCUT2D eigenvalue weighted by atomic mass is 10.1. The Morgan fingerprint density at radius 3 is 2.95 bits per heavy atom. The Balaban J connectivity index is 1.93. The highest BCUT2D eigenvalue weighted by atomic mass is 16.6. The SMILES string of the molecule is O=C(c1cc(O)ccc1[N+](=O)[O-])N1CCn2ccnc2C1. The van der Waals surface area contributed by atoms with Gasteiger partial charge in [-0.2, -0.15) is 0 Å². The summed E-state index contributed by atoms with van der Waals surface area (Å²) in [7, 11) is 0. The third kappa shape index (κ3) is 2.31. The molecule has 1 aliphatic heterocycles. The molecule has 0 fully saturated rings. The predicted molar refractivity (Wildman–Crippen MR) is 71.7 cm³/mol. The van der Waals surface area contributed by atoms with Crippen molar-refractivity contribution in [1.29, 1.82) is 0 Å². The minimum atomic E-state index is -0.627.